The van der Waals surface area contributed by atoms with E-state index in [4.69, 9.17) is 34.2 Å². The van der Waals surface area contributed by atoms with Crippen molar-refractivity contribution in [1.82, 2.24) is 0 Å². The topological polar surface area (TPSA) is 150 Å². The van der Waals surface area contributed by atoms with Crippen LogP contribution in [0.25, 0.3) is 0 Å². The molecule has 1 aromatic rings. The Hall–Kier alpha value is -3.34. The van der Waals surface area contributed by atoms with Gasteiger partial charge in [-0.15, -0.1) is 0 Å². The summed E-state index contributed by atoms with van der Waals surface area (Å²) in [6.07, 6.45) is 2.82. The lowest BCUT2D eigenvalue weighted by atomic mass is 10.1. The molecule has 2 N–H and O–H groups in total. The highest BCUT2D eigenvalue weighted by atomic mass is 16.7. The first-order chi connectivity index (χ1) is 19.1. The Labute approximate surface area is 236 Å². The number of rotatable bonds is 18. The lowest BCUT2D eigenvalue weighted by Gasteiger charge is -2.22. The first-order valence-electron chi connectivity index (χ1n) is 14.1. The molecule has 11 nitrogen and oxygen atoms in total. The van der Waals surface area contributed by atoms with Crippen LogP contribution in [0.2, 0.25) is 0 Å². The minimum Gasteiger partial charge on any atom is -0.459 e. The first kappa shape index (κ1) is 34.7. The van der Waals surface area contributed by atoms with E-state index in [-0.39, 0.29) is 43.5 Å². The highest BCUT2D eigenvalue weighted by molar-refractivity contribution is 5.76. The van der Waals surface area contributed by atoms with Gasteiger partial charge in [0.1, 0.15) is 18.2 Å². The van der Waals surface area contributed by atoms with Crippen LogP contribution >= 0.6 is 0 Å². The third kappa shape index (κ3) is 14.2. The zero-order chi connectivity index (χ0) is 29.9. The molecule has 1 rings (SSSR count). The van der Waals surface area contributed by atoms with Crippen molar-refractivity contribution >= 4 is 24.2 Å². The van der Waals surface area contributed by atoms with Gasteiger partial charge >= 0.3 is 24.2 Å². The van der Waals surface area contributed by atoms with E-state index in [1.165, 1.54) is 12.1 Å². The molecule has 0 aliphatic rings. The Bertz CT molecular complexity index is 935. The van der Waals surface area contributed by atoms with Crippen LogP contribution in [-0.4, -0.2) is 55.7 Å². The zero-order valence-corrected chi connectivity index (χ0v) is 24.4. The van der Waals surface area contributed by atoms with Gasteiger partial charge in [0, 0.05) is 6.42 Å². The molecule has 0 saturated carbocycles. The third-order valence-electron chi connectivity index (χ3n) is 5.82. The van der Waals surface area contributed by atoms with Gasteiger partial charge in [-0.1, -0.05) is 52.5 Å². The van der Waals surface area contributed by atoms with Crippen molar-refractivity contribution in [2.45, 2.75) is 111 Å². The summed E-state index contributed by atoms with van der Waals surface area (Å²) in [5.41, 5.74) is 6.58. The molecule has 1 aromatic carbocycles. The molecule has 0 aliphatic heterocycles. The summed E-state index contributed by atoms with van der Waals surface area (Å²) >= 11 is 0. The molecule has 0 saturated heterocycles. The Balaban J connectivity index is 2.89. The van der Waals surface area contributed by atoms with Crippen LogP contribution in [-0.2, 0) is 35.0 Å². The second-order valence-electron chi connectivity index (χ2n) is 9.49. The van der Waals surface area contributed by atoms with E-state index >= 15 is 0 Å². The SMILES string of the molecule is CCCCCOC(=O)Oc1ccc(C[C@H](N)C(=O)O[C@@H](C)[C@H](C)OC(=O)CCC)cc1OC(=O)OCCCCC. The van der Waals surface area contributed by atoms with Crippen molar-refractivity contribution in [3.8, 4) is 11.5 Å². The number of nitrogens with two attached hydrogens (primary N) is 1. The second kappa shape index (κ2) is 19.7. The molecule has 226 valence electrons. The molecular weight excluding hydrogens is 522 g/mol. The number of hydrogen-bond donors (Lipinski definition) is 1. The van der Waals surface area contributed by atoms with Crippen LogP contribution in [0.15, 0.2) is 18.2 Å². The molecule has 0 amide bonds. The van der Waals surface area contributed by atoms with E-state index in [0.29, 0.717) is 24.8 Å². The maximum absolute atomic E-state index is 12.6. The smallest absolute Gasteiger partial charge is 0.459 e. The van der Waals surface area contributed by atoms with Gasteiger partial charge in [-0.05, 0) is 57.2 Å². The lowest BCUT2D eigenvalue weighted by molar-refractivity contribution is -0.166. The Kier molecular flexibility index (Phi) is 17.1. The average Bonchev–Trinajstić information content (AvgIpc) is 2.90. The molecular formula is C29H45NO10. The minimum absolute atomic E-state index is 0.0270. The highest BCUT2D eigenvalue weighted by Crippen LogP contribution is 2.30. The van der Waals surface area contributed by atoms with Gasteiger partial charge in [-0.2, -0.15) is 0 Å². The summed E-state index contributed by atoms with van der Waals surface area (Å²) in [6.45, 7) is 9.55. The Morgan fingerprint density at radius 3 is 1.85 bits per heavy atom. The Morgan fingerprint density at radius 2 is 1.30 bits per heavy atom. The molecule has 0 radical (unpaired) electrons. The third-order valence-corrected chi connectivity index (χ3v) is 5.82. The first-order valence-corrected chi connectivity index (χ1v) is 14.1. The predicted molar refractivity (Wildman–Crippen MR) is 147 cm³/mol. The fourth-order valence-corrected chi connectivity index (χ4v) is 3.37. The molecule has 11 heteroatoms. The van der Waals surface area contributed by atoms with Crippen LogP contribution in [0.5, 0.6) is 11.5 Å². The van der Waals surface area contributed by atoms with E-state index in [1.54, 1.807) is 19.9 Å². The number of esters is 2. The number of unbranched alkanes of at least 4 members (excludes halogenated alkanes) is 4. The molecule has 0 spiro atoms. The molecule has 0 aliphatic carbocycles. The average molecular weight is 568 g/mol. The maximum atomic E-state index is 12.6. The van der Waals surface area contributed by atoms with Crippen LogP contribution < -0.4 is 15.2 Å². The van der Waals surface area contributed by atoms with Crippen molar-refractivity contribution in [3.05, 3.63) is 23.8 Å². The van der Waals surface area contributed by atoms with Gasteiger partial charge in [0.05, 0.1) is 13.2 Å². The molecule has 3 atom stereocenters. The molecule has 40 heavy (non-hydrogen) atoms. The van der Waals surface area contributed by atoms with E-state index in [1.807, 2.05) is 20.8 Å². The van der Waals surface area contributed by atoms with Gasteiger partial charge in [0.2, 0.25) is 0 Å². The van der Waals surface area contributed by atoms with Gasteiger partial charge in [-0.25, -0.2) is 9.59 Å². The standard InChI is InChI=1S/C29H45NO10/c1-6-9-11-16-35-28(33)39-24-15-14-22(19-25(24)40-29(34)36-17-12-10-7-2)18-23(30)27(32)38-21(5)20(4)37-26(31)13-8-3/h14-15,19-21,23H,6-13,16-18,30H2,1-5H3/t20-,21-,23-/m0/s1. The Morgan fingerprint density at radius 1 is 0.750 bits per heavy atom. The number of carbonyl (C=O) groups excluding carboxylic acids is 4. The van der Waals surface area contributed by atoms with Crippen molar-refractivity contribution in [1.29, 1.82) is 0 Å². The fraction of sp³-hybridized carbons (Fsp3) is 0.655. The van der Waals surface area contributed by atoms with Gasteiger partial charge in [-0.3, -0.25) is 9.59 Å². The van der Waals surface area contributed by atoms with E-state index in [2.05, 4.69) is 0 Å². The summed E-state index contributed by atoms with van der Waals surface area (Å²) in [6, 6.07) is 3.35. The molecule has 0 heterocycles. The minimum atomic E-state index is -1.06. The van der Waals surface area contributed by atoms with E-state index in [0.717, 1.165) is 25.7 Å². The van der Waals surface area contributed by atoms with E-state index in [9.17, 15) is 19.2 Å². The summed E-state index contributed by atoms with van der Waals surface area (Å²) in [5, 5.41) is 0. The largest absolute Gasteiger partial charge is 0.513 e. The monoisotopic (exact) mass is 567 g/mol. The van der Waals surface area contributed by atoms with Crippen molar-refractivity contribution in [2.24, 2.45) is 5.73 Å². The number of hydrogen-bond acceptors (Lipinski definition) is 11. The summed E-state index contributed by atoms with van der Waals surface area (Å²) in [4.78, 5) is 48.7. The predicted octanol–water partition coefficient (Wildman–Crippen LogP) is 5.63. The number of ether oxygens (including phenoxy) is 6. The quantitative estimate of drug-likeness (QED) is 0.102. The van der Waals surface area contributed by atoms with Crippen molar-refractivity contribution in [3.63, 3.8) is 0 Å². The highest BCUT2D eigenvalue weighted by Gasteiger charge is 2.25. The zero-order valence-electron chi connectivity index (χ0n) is 24.4. The molecule has 0 unspecified atom stereocenters. The van der Waals surface area contributed by atoms with Gasteiger partial charge in [0.25, 0.3) is 0 Å². The van der Waals surface area contributed by atoms with Crippen molar-refractivity contribution in [2.75, 3.05) is 13.2 Å². The number of carbonyl (C=O) groups is 4. The molecule has 0 fully saturated rings. The van der Waals surface area contributed by atoms with Gasteiger partial charge < -0.3 is 34.2 Å². The maximum Gasteiger partial charge on any atom is 0.513 e. The molecule has 0 bridgehead atoms. The summed E-state index contributed by atoms with van der Waals surface area (Å²) in [5.74, 6) is -1.21. The van der Waals surface area contributed by atoms with Crippen molar-refractivity contribution < 1.29 is 47.6 Å². The summed E-state index contributed by atoms with van der Waals surface area (Å²) in [7, 11) is 0. The van der Waals surface area contributed by atoms with Crippen LogP contribution in [0.3, 0.4) is 0 Å². The van der Waals surface area contributed by atoms with Crippen LogP contribution in [0, 0.1) is 0 Å². The fourth-order valence-electron chi connectivity index (χ4n) is 3.37. The summed E-state index contributed by atoms with van der Waals surface area (Å²) < 4.78 is 31.4. The van der Waals surface area contributed by atoms with E-state index < -0.39 is 36.5 Å². The van der Waals surface area contributed by atoms with Crippen LogP contribution in [0.4, 0.5) is 9.59 Å². The molecule has 0 aromatic heterocycles. The number of benzene rings is 1. The second-order valence-corrected chi connectivity index (χ2v) is 9.49. The lowest BCUT2D eigenvalue weighted by Crippen LogP contribution is -2.39. The van der Waals surface area contributed by atoms with Crippen LogP contribution in [0.1, 0.15) is 91.5 Å². The van der Waals surface area contributed by atoms with Gasteiger partial charge in [0.15, 0.2) is 11.5 Å². The normalized spacial score (nSPS) is 12.9.